The van der Waals surface area contributed by atoms with Gasteiger partial charge in [-0.05, 0) is 6.07 Å². The van der Waals surface area contributed by atoms with E-state index in [9.17, 15) is 4.79 Å². The van der Waals surface area contributed by atoms with Gasteiger partial charge in [-0.2, -0.15) is 5.26 Å². The summed E-state index contributed by atoms with van der Waals surface area (Å²) in [7, 11) is 1.71. The van der Waals surface area contributed by atoms with Crippen molar-refractivity contribution in [1.29, 1.82) is 5.26 Å². The number of aryl methyl sites for hydroxylation is 1. The number of aromatic nitrogens is 4. The van der Waals surface area contributed by atoms with E-state index in [-0.39, 0.29) is 12.0 Å². The number of rotatable bonds is 3. The molecule has 0 aliphatic carbocycles. The van der Waals surface area contributed by atoms with Crippen LogP contribution in [0.3, 0.4) is 0 Å². The number of hydrogen-bond donors (Lipinski definition) is 0. The van der Waals surface area contributed by atoms with Gasteiger partial charge in [0, 0.05) is 19.3 Å². The number of pyridine rings is 1. The highest BCUT2D eigenvalue weighted by atomic mass is 16.5. The number of ether oxygens (including phenoxy) is 1. The number of hydrogen-bond acceptors (Lipinski definition) is 6. The summed E-state index contributed by atoms with van der Waals surface area (Å²) in [5.41, 5.74) is 0.808. The van der Waals surface area contributed by atoms with Gasteiger partial charge in [-0.3, -0.25) is 9.48 Å². The lowest BCUT2D eigenvalue weighted by Crippen LogP contribution is -2.56. The van der Waals surface area contributed by atoms with Gasteiger partial charge in [0.2, 0.25) is 5.88 Å². The van der Waals surface area contributed by atoms with Crippen LogP contribution in [0.15, 0.2) is 24.5 Å². The molecule has 0 N–H and O–H groups in total. The Bertz CT molecular complexity index is 696. The fourth-order valence-electron chi connectivity index (χ4n) is 1.97. The Balaban J connectivity index is 1.53. The average molecular weight is 284 g/mol. The first kappa shape index (κ1) is 13.1. The molecule has 0 saturated carbocycles. The Hall–Kier alpha value is -2.95. The SMILES string of the molecule is Cn1cc(C(=O)N2CC(Oc3ccc(C#N)cn3)C2)nn1. The standard InChI is InChI=1S/C13H12N6O2/c1-18-8-11(16-17-18)13(20)19-6-10(7-19)21-12-3-2-9(4-14)5-15-12/h2-3,5,8,10H,6-7H2,1H3. The van der Waals surface area contributed by atoms with Crippen LogP contribution < -0.4 is 4.74 Å². The van der Waals surface area contributed by atoms with E-state index in [1.807, 2.05) is 6.07 Å². The Labute approximate surface area is 120 Å². The topological polar surface area (TPSA) is 96.9 Å². The number of carbonyl (C=O) groups is 1. The van der Waals surface area contributed by atoms with Crippen LogP contribution in [0.1, 0.15) is 16.1 Å². The molecule has 2 aromatic rings. The first-order chi connectivity index (χ1) is 10.2. The summed E-state index contributed by atoms with van der Waals surface area (Å²) in [6.07, 6.45) is 2.95. The van der Waals surface area contributed by atoms with Crippen LogP contribution in [0.25, 0.3) is 0 Å². The average Bonchev–Trinajstić information content (AvgIpc) is 2.89. The summed E-state index contributed by atoms with van der Waals surface area (Å²) in [6, 6.07) is 5.28. The molecule has 1 saturated heterocycles. The maximum absolute atomic E-state index is 12.0. The molecule has 0 radical (unpaired) electrons. The zero-order valence-electron chi connectivity index (χ0n) is 11.3. The summed E-state index contributed by atoms with van der Waals surface area (Å²) < 4.78 is 7.10. The summed E-state index contributed by atoms with van der Waals surface area (Å²) in [5, 5.41) is 16.2. The summed E-state index contributed by atoms with van der Waals surface area (Å²) >= 11 is 0. The number of nitriles is 1. The molecule has 0 aromatic carbocycles. The molecule has 3 heterocycles. The fraction of sp³-hybridized carbons (Fsp3) is 0.308. The van der Waals surface area contributed by atoms with Crippen molar-refractivity contribution < 1.29 is 9.53 Å². The minimum Gasteiger partial charge on any atom is -0.471 e. The van der Waals surface area contributed by atoms with Crippen molar-refractivity contribution in [2.45, 2.75) is 6.10 Å². The van der Waals surface area contributed by atoms with E-state index in [2.05, 4.69) is 15.3 Å². The summed E-state index contributed by atoms with van der Waals surface area (Å²) in [5.74, 6) is 0.293. The highest BCUT2D eigenvalue weighted by Crippen LogP contribution is 2.17. The predicted octanol–water partition coefficient (Wildman–Crippen LogP) is -0.0148. The first-order valence-electron chi connectivity index (χ1n) is 6.34. The van der Waals surface area contributed by atoms with Crippen LogP contribution in [-0.4, -0.2) is 50.0 Å². The van der Waals surface area contributed by atoms with E-state index in [1.165, 1.54) is 10.9 Å². The zero-order chi connectivity index (χ0) is 14.8. The lowest BCUT2D eigenvalue weighted by molar-refractivity contribution is 0.0155. The van der Waals surface area contributed by atoms with Crippen LogP contribution in [-0.2, 0) is 7.05 Å². The van der Waals surface area contributed by atoms with Crippen molar-refractivity contribution in [3.05, 3.63) is 35.8 Å². The van der Waals surface area contributed by atoms with Crippen LogP contribution in [0.4, 0.5) is 0 Å². The molecule has 3 rings (SSSR count). The van der Waals surface area contributed by atoms with Crippen molar-refractivity contribution in [3.8, 4) is 11.9 Å². The van der Waals surface area contributed by atoms with E-state index in [4.69, 9.17) is 10.00 Å². The van der Waals surface area contributed by atoms with Gasteiger partial charge in [0.15, 0.2) is 5.69 Å². The van der Waals surface area contributed by atoms with Gasteiger partial charge in [0.1, 0.15) is 12.2 Å². The molecule has 1 aliphatic rings. The molecule has 21 heavy (non-hydrogen) atoms. The van der Waals surface area contributed by atoms with E-state index < -0.39 is 0 Å². The Morgan fingerprint density at radius 2 is 2.29 bits per heavy atom. The number of nitrogens with zero attached hydrogens (tertiary/aromatic N) is 6. The van der Waals surface area contributed by atoms with Crippen LogP contribution >= 0.6 is 0 Å². The van der Waals surface area contributed by atoms with Crippen molar-refractivity contribution in [1.82, 2.24) is 24.9 Å². The zero-order valence-corrected chi connectivity index (χ0v) is 11.3. The van der Waals surface area contributed by atoms with E-state index in [1.54, 1.807) is 30.3 Å². The van der Waals surface area contributed by atoms with Crippen LogP contribution in [0.2, 0.25) is 0 Å². The monoisotopic (exact) mass is 284 g/mol. The highest BCUT2D eigenvalue weighted by molar-refractivity contribution is 5.92. The lowest BCUT2D eigenvalue weighted by atomic mass is 10.1. The second kappa shape index (κ2) is 5.20. The predicted molar refractivity (Wildman–Crippen MR) is 70.3 cm³/mol. The number of amides is 1. The fourth-order valence-corrected chi connectivity index (χ4v) is 1.97. The van der Waals surface area contributed by atoms with Gasteiger partial charge in [-0.25, -0.2) is 4.98 Å². The molecule has 0 spiro atoms. The normalized spacial score (nSPS) is 14.4. The van der Waals surface area contributed by atoms with Crippen molar-refractivity contribution in [2.24, 2.45) is 7.05 Å². The van der Waals surface area contributed by atoms with Gasteiger partial charge in [0.25, 0.3) is 5.91 Å². The summed E-state index contributed by atoms with van der Waals surface area (Å²) in [6.45, 7) is 0.966. The van der Waals surface area contributed by atoms with Gasteiger partial charge >= 0.3 is 0 Å². The van der Waals surface area contributed by atoms with Crippen molar-refractivity contribution in [3.63, 3.8) is 0 Å². The maximum atomic E-state index is 12.0. The maximum Gasteiger partial charge on any atom is 0.276 e. The molecule has 0 unspecified atom stereocenters. The Morgan fingerprint density at radius 1 is 1.48 bits per heavy atom. The van der Waals surface area contributed by atoms with Crippen molar-refractivity contribution >= 4 is 5.91 Å². The molecular formula is C13H12N6O2. The van der Waals surface area contributed by atoms with Gasteiger partial charge in [-0.15, -0.1) is 5.10 Å². The van der Waals surface area contributed by atoms with E-state index in [0.717, 1.165) is 0 Å². The molecule has 1 aliphatic heterocycles. The minimum atomic E-state index is -0.157. The van der Waals surface area contributed by atoms with Gasteiger partial charge < -0.3 is 9.64 Å². The summed E-state index contributed by atoms with van der Waals surface area (Å²) in [4.78, 5) is 17.7. The quantitative estimate of drug-likeness (QED) is 0.786. The Kier molecular flexibility index (Phi) is 3.23. The minimum absolute atomic E-state index is 0.0916. The molecule has 8 nitrogen and oxygen atoms in total. The number of likely N-dealkylation sites (tertiary alicyclic amines) is 1. The van der Waals surface area contributed by atoms with Crippen LogP contribution in [0, 0.1) is 11.3 Å². The molecule has 0 atom stereocenters. The molecule has 1 amide bonds. The van der Waals surface area contributed by atoms with Gasteiger partial charge in [-0.1, -0.05) is 5.21 Å². The molecule has 0 bridgehead atoms. The van der Waals surface area contributed by atoms with Crippen LogP contribution in [0.5, 0.6) is 5.88 Å². The number of carbonyl (C=O) groups excluding carboxylic acids is 1. The molecule has 2 aromatic heterocycles. The third-order valence-electron chi connectivity index (χ3n) is 3.11. The smallest absolute Gasteiger partial charge is 0.276 e. The molecular weight excluding hydrogens is 272 g/mol. The second-order valence-corrected chi connectivity index (χ2v) is 4.72. The van der Waals surface area contributed by atoms with E-state index >= 15 is 0 Å². The van der Waals surface area contributed by atoms with E-state index in [0.29, 0.717) is 30.2 Å². The van der Waals surface area contributed by atoms with Crippen molar-refractivity contribution in [2.75, 3.05) is 13.1 Å². The lowest BCUT2D eigenvalue weighted by Gasteiger charge is -2.38. The molecule has 106 valence electrons. The third kappa shape index (κ3) is 2.67. The Morgan fingerprint density at radius 3 is 2.86 bits per heavy atom. The molecule has 1 fully saturated rings. The highest BCUT2D eigenvalue weighted by Gasteiger charge is 2.34. The van der Waals surface area contributed by atoms with Gasteiger partial charge in [0.05, 0.1) is 24.8 Å². The molecule has 8 heteroatoms. The largest absolute Gasteiger partial charge is 0.471 e. The first-order valence-corrected chi connectivity index (χ1v) is 6.34. The third-order valence-corrected chi connectivity index (χ3v) is 3.11. The second-order valence-electron chi connectivity index (χ2n) is 4.72.